The summed E-state index contributed by atoms with van der Waals surface area (Å²) in [5.74, 6) is -0.829. The van der Waals surface area contributed by atoms with Crippen LogP contribution in [0.5, 0.6) is 5.75 Å². The van der Waals surface area contributed by atoms with E-state index in [0.29, 0.717) is 27.8 Å². The zero-order valence-corrected chi connectivity index (χ0v) is 20.4. The van der Waals surface area contributed by atoms with Gasteiger partial charge in [-0.1, -0.05) is 54.6 Å². The molecule has 0 aliphatic carbocycles. The first-order valence-corrected chi connectivity index (χ1v) is 11.8. The number of hydrogen-bond acceptors (Lipinski definition) is 5. The molecule has 5 rings (SSSR count). The summed E-state index contributed by atoms with van der Waals surface area (Å²) in [7, 11) is 0. The van der Waals surface area contributed by atoms with Crippen LogP contribution in [0.15, 0.2) is 106 Å². The molecule has 190 valence electrons. The van der Waals surface area contributed by atoms with Crippen LogP contribution in [0.3, 0.4) is 0 Å². The van der Waals surface area contributed by atoms with E-state index in [4.69, 9.17) is 4.42 Å². The van der Waals surface area contributed by atoms with Crippen LogP contribution in [-0.4, -0.2) is 16.0 Å². The molecule has 0 radical (unpaired) electrons. The third-order valence-electron chi connectivity index (χ3n) is 5.78. The highest BCUT2D eigenvalue weighted by atomic mass is 32.1. The molecule has 0 aliphatic heterocycles. The largest absolute Gasteiger partial charge is 0.507 e. The Hall–Kier alpha value is -4.50. The van der Waals surface area contributed by atoms with E-state index in [1.807, 2.05) is 30.3 Å². The fourth-order valence-corrected chi connectivity index (χ4v) is 4.21. The molecule has 0 bridgehead atoms. The van der Waals surface area contributed by atoms with Gasteiger partial charge in [0, 0.05) is 27.1 Å². The lowest BCUT2D eigenvalue weighted by atomic mass is 9.97. The van der Waals surface area contributed by atoms with Crippen LogP contribution in [-0.2, 0) is 6.18 Å². The second-order valence-corrected chi connectivity index (χ2v) is 8.86. The number of nitrogens with zero attached hydrogens (tertiary/aromatic N) is 1. The lowest BCUT2D eigenvalue weighted by molar-refractivity contribution is -0.137. The van der Waals surface area contributed by atoms with E-state index in [0.717, 1.165) is 12.1 Å². The average molecular weight is 533 g/mol. The van der Waals surface area contributed by atoms with Gasteiger partial charge in [0.2, 0.25) is 11.8 Å². The number of benzene rings is 4. The number of aromatic hydroxyl groups is 1. The molecule has 0 saturated carbocycles. The van der Waals surface area contributed by atoms with Crippen molar-refractivity contribution < 1.29 is 27.5 Å². The van der Waals surface area contributed by atoms with Crippen LogP contribution in [0.25, 0.3) is 33.8 Å². The monoisotopic (exact) mass is 532 g/mol. The van der Waals surface area contributed by atoms with Gasteiger partial charge >= 0.3 is 6.18 Å². The Kier molecular flexibility index (Phi) is 6.69. The summed E-state index contributed by atoms with van der Waals surface area (Å²) in [5.41, 5.74) is 1.19. The molecule has 5 nitrogen and oxygen atoms in total. The second-order valence-electron chi connectivity index (χ2n) is 8.34. The molecule has 9 heteroatoms. The molecule has 2 N–H and O–H groups in total. The van der Waals surface area contributed by atoms with Crippen molar-refractivity contribution in [3.63, 3.8) is 0 Å². The molecule has 0 spiro atoms. The van der Waals surface area contributed by atoms with Crippen molar-refractivity contribution in [1.29, 1.82) is 0 Å². The number of phenols is 1. The van der Waals surface area contributed by atoms with Crippen molar-refractivity contribution in [2.45, 2.75) is 11.1 Å². The topological polar surface area (TPSA) is 75.4 Å². The zero-order valence-electron chi connectivity index (χ0n) is 19.5. The lowest BCUT2D eigenvalue weighted by Gasteiger charge is -2.13. The smallest absolute Gasteiger partial charge is 0.416 e. The molecule has 1 heterocycles. The molecule has 0 saturated heterocycles. The zero-order chi connectivity index (χ0) is 26.9. The number of nitrogens with one attached hydrogen (secondary N) is 1. The van der Waals surface area contributed by atoms with Gasteiger partial charge in [-0.05, 0) is 48.0 Å². The van der Waals surface area contributed by atoms with Gasteiger partial charge in [-0.3, -0.25) is 10.1 Å². The number of carbonyl (C=O) groups is 1. The molecule has 4 aromatic carbocycles. The number of rotatable bonds is 5. The Morgan fingerprint density at radius 1 is 0.842 bits per heavy atom. The highest BCUT2D eigenvalue weighted by Gasteiger charge is 2.31. The number of oxazole rings is 1. The third kappa shape index (κ3) is 5.14. The summed E-state index contributed by atoms with van der Waals surface area (Å²) in [6.45, 7) is 0. The van der Waals surface area contributed by atoms with Crippen LogP contribution in [0.4, 0.5) is 19.1 Å². The Morgan fingerprint density at radius 2 is 1.55 bits per heavy atom. The summed E-state index contributed by atoms with van der Waals surface area (Å²) >= 11 is 4.39. The first kappa shape index (κ1) is 25.2. The Morgan fingerprint density at radius 3 is 2.26 bits per heavy atom. The quantitative estimate of drug-likeness (QED) is 0.201. The van der Waals surface area contributed by atoms with Gasteiger partial charge in [0.25, 0.3) is 5.91 Å². The van der Waals surface area contributed by atoms with Gasteiger partial charge in [0.05, 0.1) is 5.56 Å². The van der Waals surface area contributed by atoms with Crippen molar-refractivity contribution in [2.75, 3.05) is 5.32 Å². The minimum Gasteiger partial charge on any atom is -0.507 e. The molecular weight excluding hydrogens is 513 g/mol. The standard InChI is InChI=1S/C29H19F3N2O3S/c30-29(31,32)19-13-14-22(24(35)16-19)21-11-4-5-12-23(21)26(36)34-28-25(18-9-6-10-20(38)15-18)33-27(37-28)17-7-2-1-3-8-17/h1-16,35,38H,(H,34,36). The van der Waals surface area contributed by atoms with Gasteiger partial charge in [-0.25, -0.2) is 4.98 Å². The van der Waals surface area contributed by atoms with Crippen LogP contribution in [0.2, 0.25) is 0 Å². The third-order valence-corrected chi connectivity index (χ3v) is 6.06. The predicted molar refractivity (Wildman–Crippen MR) is 141 cm³/mol. The van der Waals surface area contributed by atoms with E-state index in [-0.39, 0.29) is 28.5 Å². The molecule has 0 atom stereocenters. The lowest BCUT2D eigenvalue weighted by Crippen LogP contribution is -2.13. The maximum Gasteiger partial charge on any atom is 0.416 e. The number of phenolic OH excluding ortho intramolecular Hbond substituents is 1. The molecular formula is C29H19F3N2O3S. The number of halogens is 3. The SMILES string of the molecule is O=C(Nc1oc(-c2ccccc2)nc1-c1cccc(S)c1)c1ccccc1-c1ccc(C(F)(F)F)cc1O. The Labute approximate surface area is 221 Å². The van der Waals surface area contributed by atoms with E-state index in [9.17, 15) is 23.1 Å². The van der Waals surface area contributed by atoms with E-state index in [1.54, 1.807) is 36.4 Å². The minimum absolute atomic E-state index is 0.0780. The van der Waals surface area contributed by atoms with Gasteiger partial charge in [0.1, 0.15) is 11.4 Å². The highest BCUT2D eigenvalue weighted by molar-refractivity contribution is 7.80. The number of thiol groups is 1. The maximum atomic E-state index is 13.5. The Bertz CT molecular complexity index is 1630. The van der Waals surface area contributed by atoms with E-state index < -0.39 is 23.4 Å². The summed E-state index contributed by atoms with van der Waals surface area (Å²) in [6, 6.07) is 25.2. The van der Waals surface area contributed by atoms with Crippen molar-refractivity contribution in [2.24, 2.45) is 0 Å². The first-order valence-electron chi connectivity index (χ1n) is 11.4. The molecule has 0 aliphatic rings. The van der Waals surface area contributed by atoms with Gasteiger partial charge < -0.3 is 9.52 Å². The van der Waals surface area contributed by atoms with Crippen LogP contribution >= 0.6 is 12.6 Å². The molecule has 1 amide bonds. The number of alkyl halides is 3. The van der Waals surface area contributed by atoms with Crippen molar-refractivity contribution >= 4 is 24.4 Å². The minimum atomic E-state index is -4.61. The average Bonchev–Trinajstić information content (AvgIpc) is 3.32. The molecule has 5 aromatic rings. The number of anilines is 1. The first-order chi connectivity index (χ1) is 18.2. The molecule has 0 fully saturated rings. The molecule has 0 unspecified atom stereocenters. The van der Waals surface area contributed by atoms with Crippen molar-refractivity contribution in [3.8, 4) is 39.6 Å². The van der Waals surface area contributed by atoms with Gasteiger partial charge in [0.15, 0.2) is 0 Å². The molecule has 38 heavy (non-hydrogen) atoms. The normalized spacial score (nSPS) is 11.4. The van der Waals surface area contributed by atoms with E-state index in [1.165, 1.54) is 12.1 Å². The van der Waals surface area contributed by atoms with Crippen molar-refractivity contribution in [1.82, 2.24) is 4.98 Å². The fraction of sp³-hybridized carbons (Fsp3) is 0.0345. The highest BCUT2D eigenvalue weighted by Crippen LogP contribution is 2.38. The van der Waals surface area contributed by atoms with E-state index in [2.05, 4.69) is 22.9 Å². The van der Waals surface area contributed by atoms with Crippen LogP contribution in [0, 0.1) is 0 Å². The summed E-state index contributed by atoms with van der Waals surface area (Å²) in [6.07, 6.45) is -4.61. The van der Waals surface area contributed by atoms with Crippen LogP contribution < -0.4 is 5.32 Å². The fourth-order valence-electron chi connectivity index (χ4n) is 3.98. The van der Waals surface area contributed by atoms with Crippen molar-refractivity contribution in [3.05, 3.63) is 108 Å². The van der Waals surface area contributed by atoms with Gasteiger partial charge in [-0.15, -0.1) is 12.6 Å². The summed E-state index contributed by atoms with van der Waals surface area (Å²) < 4.78 is 45.2. The molecule has 1 aromatic heterocycles. The summed E-state index contributed by atoms with van der Waals surface area (Å²) in [4.78, 5) is 18.8. The maximum absolute atomic E-state index is 13.5. The predicted octanol–water partition coefficient (Wildman–Crippen LogP) is 7.94. The van der Waals surface area contributed by atoms with E-state index >= 15 is 0 Å². The van der Waals surface area contributed by atoms with Gasteiger partial charge in [-0.2, -0.15) is 13.2 Å². The number of hydrogen-bond donors (Lipinski definition) is 3. The summed E-state index contributed by atoms with van der Waals surface area (Å²) in [5, 5.41) is 13.1. The number of amides is 1. The van der Waals surface area contributed by atoms with Crippen LogP contribution in [0.1, 0.15) is 15.9 Å². The second kappa shape index (κ2) is 10.1. The Balaban J connectivity index is 1.55. The number of carbonyl (C=O) groups excluding carboxylic acids is 1. The number of aromatic nitrogens is 1.